The van der Waals surface area contributed by atoms with Crippen LogP contribution in [0.1, 0.15) is 18.4 Å². The van der Waals surface area contributed by atoms with Gasteiger partial charge in [-0.2, -0.15) is 0 Å². The van der Waals surface area contributed by atoms with E-state index in [2.05, 4.69) is 10.6 Å². The molecule has 0 spiro atoms. The number of phenols is 1. The molecule has 1 aliphatic rings. The van der Waals surface area contributed by atoms with Crippen LogP contribution >= 0.6 is 0 Å². The third-order valence-corrected chi connectivity index (χ3v) is 2.88. The van der Waals surface area contributed by atoms with Crippen LogP contribution in [0.25, 0.3) is 0 Å². The van der Waals surface area contributed by atoms with Crippen molar-refractivity contribution < 1.29 is 19.5 Å². The smallest absolute Gasteiger partial charge is 0.249 e. The van der Waals surface area contributed by atoms with Crippen molar-refractivity contribution in [3.8, 4) is 5.75 Å². The van der Waals surface area contributed by atoms with Crippen molar-refractivity contribution in [2.75, 3.05) is 0 Å². The molecule has 1 fully saturated rings. The molecule has 1 aromatic rings. The Bertz CT molecular complexity index is 510. The lowest BCUT2D eigenvalue weighted by Gasteiger charge is -2.21. The summed E-state index contributed by atoms with van der Waals surface area (Å²) in [6.45, 7) is 0. The predicted molar refractivity (Wildman–Crippen MR) is 66.1 cm³/mol. The number of carbonyl (C=O) groups is 3. The van der Waals surface area contributed by atoms with Crippen LogP contribution < -0.4 is 10.6 Å². The van der Waals surface area contributed by atoms with Crippen LogP contribution in [0.4, 0.5) is 0 Å². The monoisotopic (exact) mass is 262 g/mol. The number of carbonyl (C=O) groups excluding carboxylic acids is 3. The minimum atomic E-state index is -0.651. The fourth-order valence-corrected chi connectivity index (χ4v) is 1.88. The Balaban J connectivity index is 1.89. The van der Waals surface area contributed by atoms with Gasteiger partial charge in [-0.25, -0.2) is 0 Å². The quantitative estimate of drug-likeness (QED) is 0.660. The van der Waals surface area contributed by atoms with E-state index < -0.39 is 11.9 Å². The molecule has 0 bridgehead atoms. The number of amides is 3. The molecule has 0 aliphatic carbocycles. The summed E-state index contributed by atoms with van der Waals surface area (Å²) in [5.41, 5.74) is 0.739. The first-order chi connectivity index (χ1) is 9.04. The van der Waals surface area contributed by atoms with Gasteiger partial charge in [0.2, 0.25) is 17.7 Å². The second-order valence-electron chi connectivity index (χ2n) is 4.41. The predicted octanol–water partition coefficient (Wildman–Crippen LogP) is -0.144. The third kappa shape index (κ3) is 3.54. The summed E-state index contributed by atoms with van der Waals surface area (Å²) >= 11 is 0. The van der Waals surface area contributed by atoms with Gasteiger partial charge in [-0.3, -0.25) is 19.7 Å². The van der Waals surface area contributed by atoms with Crippen molar-refractivity contribution >= 4 is 17.7 Å². The Hall–Kier alpha value is -2.37. The van der Waals surface area contributed by atoms with Crippen molar-refractivity contribution in [2.24, 2.45) is 0 Å². The molecule has 6 heteroatoms. The first-order valence-electron chi connectivity index (χ1n) is 5.95. The number of imide groups is 1. The van der Waals surface area contributed by atoms with Gasteiger partial charge in [-0.05, 0) is 24.1 Å². The average molecular weight is 262 g/mol. The molecule has 0 radical (unpaired) electrons. The molecule has 0 aromatic heterocycles. The fourth-order valence-electron chi connectivity index (χ4n) is 1.88. The van der Waals surface area contributed by atoms with E-state index in [0.29, 0.717) is 6.42 Å². The summed E-state index contributed by atoms with van der Waals surface area (Å²) in [6, 6.07) is 5.62. The normalized spacial score (nSPS) is 18.8. The number of hydrogen-bond acceptors (Lipinski definition) is 4. The molecule has 6 nitrogen and oxygen atoms in total. The zero-order valence-corrected chi connectivity index (χ0v) is 10.2. The summed E-state index contributed by atoms with van der Waals surface area (Å²) in [5.74, 6) is -0.932. The van der Waals surface area contributed by atoms with E-state index in [1.165, 1.54) is 12.1 Å². The van der Waals surface area contributed by atoms with Crippen LogP contribution in [0.3, 0.4) is 0 Å². The molecule has 0 saturated carbocycles. The first-order valence-corrected chi connectivity index (χ1v) is 5.95. The Morgan fingerprint density at radius 1 is 1.32 bits per heavy atom. The molecular formula is C13H14N2O4. The van der Waals surface area contributed by atoms with Gasteiger partial charge in [0.15, 0.2) is 0 Å². The molecule has 1 saturated heterocycles. The van der Waals surface area contributed by atoms with E-state index in [0.717, 1.165) is 5.56 Å². The first kappa shape index (κ1) is 13.1. The molecule has 2 rings (SSSR count). The maximum absolute atomic E-state index is 11.8. The summed E-state index contributed by atoms with van der Waals surface area (Å²) < 4.78 is 0. The second-order valence-corrected chi connectivity index (χ2v) is 4.41. The molecule has 1 atom stereocenters. The van der Waals surface area contributed by atoms with Gasteiger partial charge in [-0.1, -0.05) is 12.1 Å². The highest BCUT2D eigenvalue weighted by atomic mass is 16.3. The molecule has 1 aromatic carbocycles. The van der Waals surface area contributed by atoms with Gasteiger partial charge in [-0.15, -0.1) is 0 Å². The van der Waals surface area contributed by atoms with Crippen LogP contribution in [-0.2, 0) is 20.8 Å². The minimum absolute atomic E-state index is 0.123. The van der Waals surface area contributed by atoms with Crippen molar-refractivity contribution in [1.29, 1.82) is 0 Å². The van der Waals surface area contributed by atoms with E-state index in [-0.39, 0.29) is 30.4 Å². The highest BCUT2D eigenvalue weighted by Crippen LogP contribution is 2.10. The van der Waals surface area contributed by atoms with Crippen molar-refractivity contribution in [1.82, 2.24) is 10.6 Å². The van der Waals surface area contributed by atoms with Gasteiger partial charge in [0.1, 0.15) is 11.8 Å². The number of benzene rings is 1. The standard InChI is InChI=1S/C13H14N2O4/c16-9-3-1-8(2-4-9)7-12(18)14-10-5-6-11(17)15-13(10)19/h1-4,10,16H,5-7H2,(H,14,18)(H,15,17,19)/t10-/m1/s1. The number of aromatic hydroxyl groups is 1. The van der Waals surface area contributed by atoms with E-state index in [1.807, 2.05) is 0 Å². The number of phenolic OH excluding ortho intramolecular Hbond substituents is 1. The SMILES string of the molecule is O=C1CC[C@@H](NC(=O)Cc2ccc(O)cc2)C(=O)N1. The molecule has 3 amide bonds. The van der Waals surface area contributed by atoms with Crippen LogP contribution in [0.2, 0.25) is 0 Å². The van der Waals surface area contributed by atoms with Crippen molar-refractivity contribution in [3.05, 3.63) is 29.8 Å². The topological polar surface area (TPSA) is 95.5 Å². The van der Waals surface area contributed by atoms with Gasteiger partial charge in [0.05, 0.1) is 6.42 Å². The zero-order chi connectivity index (χ0) is 13.8. The second kappa shape index (κ2) is 5.51. The summed E-state index contributed by atoms with van der Waals surface area (Å²) in [6.07, 6.45) is 0.680. The lowest BCUT2D eigenvalue weighted by atomic mass is 10.1. The molecule has 100 valence electrons. The maximum atomic E-state index is 11.8. The number of piperidine rings is 1. The minimum Gasteiger partial charge on any atom is -0.508 e. The summed E-state index contributed by atoms with van der Waals surface area (Å²) in [5, 5.41) is 13.9. The average Bonchev–Trinajstić information content (AvgIpc) is 2.36. The van der Waals surface area contributed by atoms with Crippen molar-refractivity contribution in [3.63, 3.8) is 0 Å². The Morgan fingerprint density at radius 3 is 2.63 bits per heavy atom. The van der Waals surface area contributed by atoms with E-state index in [9.17, 15) is 14.4 Å². The number of hydrogen-bond donors (Lipinski definition) is 3. The lowest BCUT2D eigenvalue weighted by Crippen LogP contribution is -2.52. The van der Waals surface area contributed by atoms with Gasteiger partial charge in [0.25, 0.3) is 0 Å². The number of rotatable bonds is 3. The molecular weight excluding hydrogens is 248 g/mol. The fraction of sp³-hybridized carbons (Fsp3) is 0.308. The molecule has 1 aliphatic heterocycles. The Labute approximate surface area is 109 Å². The Morgan fingerprint density at radius 2 is 2.00 bits per heavy atom. The lowest BCUT2D eigenvalue weighted by molar-refractivity contribution is -0.137. The van der Waals surface area contributed by atoms with Crippen LogP contribution in [0, 0.1) is 0 Å². The highest BCUT2D eigenvalue weighted by molar-refractivity contribution is 6.01. The summed E-state index contributed by atoms with van der Waals surface area (Å²) in [7, 11) is 0. The van der Waals surface area contributed by atoms with Crippen LogP contribution in [0.15, 0.2) is 24.3 Å². The van der Waals surface area contributed by atoms with Crippen molar-refractivity contribution in [2.45, 2.75) is 25.3 Å². The van der Waals surface area contributed by atoms with E-state index in [4.69, 9.17) is 5.11 Å². The van der Waals surface area contributed by atoms with Gasteiger partial charge < -0.3 is 10.4 Å². The molecule has 1 heterocycles. The maximum Gasteiger partial charge on any atom is 0.249 e. The Kier molecular flexibility index (Phi) is 3.79. The van der Waals surface area contributed by atoms with Crippen LogP contribution in [-0.4, -0.2) is 28.9 Å². The largest absolute Gasteiger partial charge is 0.508 e. The van der Waals surface area contributed by atoms with Gasteiger partial charge in [0, 0.05) is 6.42 Å². The number of nitrogens with one attached hydrogen (secondary N) is 2. The van der Waals surface area contributed by atoms with Gasteiger partial charge >= 0.3 is 0 Å². The van der Waals surface area contributed by atoms with Crippen LogP contribution in [0.5, 0.6) is 5.75 Å². The molecule has 0 unspecified atom stereocenters. The van der Waals surface area contributed by atoms with E-state index in [1.54, 1.807) is 12.1 Å². The zero-order valence-electron chi connectivity index (χ0n) is 10.2. The van der Waals surface area contributed by atoms with E-state index >= 15 is 0 Å². The third-order valence-electron chi connectivity index (χ3n) is 2.88. The summed E-state index contributed by atoms with van der Waals surface area (Å²) in [4.78, 5) is 34.2. The molecule has 19 heavy (non-hydrogen) atoms. The molecule has 3 N–H and O–H groups in total. The highest BCUT2D eigenvalue weighted by Gasteiger charge is 2.27.